The number of carbonyl (C=O) groups excluding carboxylic acids is 1. The van der Waals surface area contributed by atoms with Crippen LogP contribution in [0.1, 0.15) is 47.0 Å². The van der Waals surface area contributed by atoms with E-state index in [0.717, 1.165) is 19.3 Å². The Morgan fingerprint density at radius 2 is 1.88 bits per heavy atom. The quantitative estimate of drug-likeness (QED) is 0.784. The Kier molecular flexibility index (Phi) is 4.20. The molecule has 3 N–H and O–H groups in total. The lowest BCUT2D eigenvalue weighted by Gasteiger charge is -2.37. The number of ether oxygens (including phenoxy) is 1. The van der Waals surface area contributed by atoms with Crippen LogP contribution in [0.4, 0.5) is 0 Å². The van der Waals surface area contributed by atoms with Gasteiger partial charge in [-0.15, -0.1) is 0 Å². The zero-order chi connectivity index (χ0) is 13.3. The van der Waals surface area contributed by atoms with Crippen molar-refractivity contribution in [2.45, 2.75) is 64.6 Å². The predicted molar refractivity (Wildman–Crippen MR) is 68.6 cm³/mol. The SMILES string of the molecule is COC1CCC(NC(=O)C(C)(C)C(C)(C)N)C1. The van der Waals surface area contributed by atoms with Crippen molar-refractivity contribution >= 4 is 5.91 Å². The molecular weight excluding hydrogens is 216 g/mol. The summed E-state index contributed by atoms with van der Waals surface area (Å²) in [5, 5.41) is 3.09. The van der Waals surface area contributed by atoms with Crippen LogP contribution in [-0.4, -0.2) is 30.7 Å². The van der Waals surface area contributed by atoms with E-state index >= 15 is 0 Å². The van der Waals surface area contributed by atoms with E-state index in [0.29, 0.717) is 0 Å². The monoisotopic (exact) mass is 242 g/mol. The van der Waals surface area contributed by atoms with Gasteiger partial charge >= 0.3 is 0 Å². The van der Waals surface area contributed by atoms with Crippen molar-refractivity contribution in [3.8, 4) is 0 Å². The summed E-state index contributed by atoms with van der Waals surface area (Å²) in [5.41, 5.74) is 4.95. The number of hydrogen-bond acceptors (Lipinski definition) is 3. The molecule has 17 heavy (non-hydrogen) atoms. The van der Waals surface area contributed by atoms with Crippen molar-refractivity contribution in [2.24, 2.45) is 11.1 Å². The third-order valence-corrected chi connectivity index (χ3v) is 4.23. The number of carbonyl (C=O) groups is 1. The largest absolute Gasteiger partial charge is 0.381 e. The highest BCUT2D eigenvalue weighted by Crippen LogP contribution is 2.30. The van der Waals surface area contributed by atoms with Crippen LogP contribution < -0.4 is 11.1 Å². The molecule has 1 saturated carbocycles. The van der Waals surface area contributed by atoms with Crippen LogP contribution in [0.15, 0.2) is 0 Å². The molecule has 0 aromatic carbocycles. The van der Waals surface area contributed by atoms with Crippen LogP contribution >= 0.6 is 0 Å². The average Bonchev–Trinajstić information content (AvgIpc) is 2.63. The molecule has 2 unspecified atom stereocenters. The first kappa shape index (κ1) is 14.5. The van der Waals surface area contributed by atoms with Crippen molar-refractivity contribution in [3.63, 3.8) is 0 Å². The minimum atomic E-state index is -0.571. The van der Waals surface area contributed by atoms with Crippen LogP contribution in [0.25, 0.3) is 0 Å². The molecule has 0 aromatic rings. The normalized spacial score (nSPS) is 26.0. The number of rotatable bonds is 4. The Morgan fingerprint density at radius 3 is 2.29 bits per heavy atom. The van der Waals surface area contributed by atoms with Crippen molar-refractivity contribution in [2.75, 3.05) is 7.11 Å². The van der Waals surface area contributed by atoms with Crippen molar-refractivity contribution in [1.29, 1.82) is 0 Å². The molecule has 4 heteroatoms. The third-order valence-electron chi connectivity index (χ3n) is 4.23. The van der Waals surface area contributed by atoms with Gasteiger partial charge < -0.3 is 15.8 Å². The Bertz CT molecular complexity index is 282. The molecule has 1 aliphatic carbocycles. The van der Waals surface area contributed by atoms with E-state index in [1.165, 1.54) is 0 Å². The molecule has 1 amide bonds. The second-order valence-corrected chi connectivity index (χ2v) is 6.19. The number of methoxy groups -OCH3 is 1. The van der Waals surface area contributed by atoms with Gasteiger partial charge in [0.05, 0.1) is 11.5 Å². The van der Waals surface area contributed by atoms with Gasteiger partial charge in [-0.2, -0.15) is 0 Å². The maximum Gasteiger partial charge on any atom is 0.227 e. The molecule has 0 spiro atoms. The summed E-state index contributed by atoms with van der Waals surface area (Å²) in [6.45, 7) is 7.56. The number of hydrogen-bond donors (Lipinski definition) is 2. The van der Waals surface area contributed by atoms with Gasteiger partial charge in [-0.3, -0.25) is 4.79 Å². The lowest BCUT2D eigenvalue weighted by Crippen LogP contribution is -2.56. The highest BCUT2D eigenvalue weighted by atomic mass is 16.5. The minimum Gasteiger partial charge on any atom is -0.381 e. The fourth-order valence-electron chi connectivity index (χ4n) is 1.94. The summed E-state index contributed by atoms with van der Waals surface area (Å²) in [5.74, 6) is 0.0340. The van der Waals surface area contributed by atoms with Crippen LogP contribution in [0.3, 0.4) is 0 Å². The van der Waals surface area contributed by atoms with Crippen LogP contribution in [0.5, 0.6) is 0 Å². The van der Waals surface area contributed by atoms with Crippen molar-refractivity contribution in [1.82, 2.24) is 5.32 Å². The van der Waals surface area contributed by atoms with Gasteiger partial charge in [0.2, 0.25) is 5.91 Å². The standard InChI is InChI=1S/C13H26N2O2/c1-12(2,13(3,4)14)11(16)15-9-6-7-10(8-9)17-5/h9-10H,6-8,14H2,1-5H3,(H,15,16). The predicted octanol–water partition coefficient (Wildman–Crippen LogP) is 1.43. The topological polar surface area (TPSA) is 64.3 Å². The molecule has 0 bridgehead atoms. The lowest BCUT2D eigenvalue weighted by atomic mass is 9.74. The molecular formula is C13H26N2O2. The Labute approximate surface area is 104 Å². The van der Waals surface area contributed by atoms with Crippen LogP contribution in [-0.2, 0) is 9.53 Å². The van der Waals surface area contributed by atoms with E-state index in [2.05, 4.69) is 5.32 Å². The van der Waals surface area contributed by atoms with Gasteiger partial charge in [0.1, 0.15) is 0 Å². The molecule has 0 heterocycles. The molecule has 0 aromatic heterocycles. The Balaban J connectivity index is 2.56. The number of nitrogens with one attached hydrogen (secondary N) is 1. The zero-order valence-corrected chi connectivity index (χ0v) is 11.7. The summed E-state index contributed by atoms with van der Waals surface area (Å²) < 4.78 is 5.30. The fraction of sp³-hybridized carbons (Fsp3) is 0.923. The van der Waals surface area contributed by atoms with Crippen LogP contribution in [0.2, 0.25) is 0 Å². The lowest BCUT2D eigenvalue weighted by molar-refractivity contribution is -0.133. The molecule has 100 valence electrons. The third kappa shape index (κ3) is 3.19. The summed E-state index contributed by atoms with van der Waals surface area (Å²) in [7, 11) is 1.72. The molecule has 0 aliphatic heterocycles. The first-order chi connectivity index (χ1) is 7.68. The average molecular weight is 242 g/mol. The van der Waals surface area contributed by atoms with E-state index in [-0.39, 0.29) is 18.1 Å². The first-order valence-corrected chi connectivity index (χ1v) is 6.31. The molecule has 1 aliphatic rings. The summed E-state index contributed by atoms with van der Waals surface area (Å²) in [6.07, 6.45) is 3.21. The smallest absolute Gasteiger partial charge is 0.227 e. The summed E-state index contributed by atoms with van der Waals surface area (Å²) >= 11 is 0. The van der Waals surface area contributed by atoms with E-state index < -0.39 is 11.0 Å². The molecule has 1 rings (SSSR count). The Hall–Kier alpha value is -0.610. The van der Waals surface area contributed by atoms with Crippen molar-refractivity contribution in [3.05, 3.63) is 0 Å². The zero-order valence-electron chi connectivity index (χ0n) is 11.7. The molecule has 0 radical (unpaired) electrons. The maximum atomic E-state index is 12.2. The van der Waals surface area contributed by atoms with Gasteiger partial charge in [-0.1, -0.05) is 0 Å². The molecule has 1 fully saturated rings. The highest BCUT2D eigenvalue weighted by Gasteiger charge is 2.41. The van der Waals surface area contributed by atoms with Crippen LogP contribution in [0, 0.1) is 5.41 Å². The van der Waals surface area contributed by atoms with Gasteiger partial charge in [-0.25, -0.2) is 0 Å². The minimum absolute atomic E-state index is 0.0340. The fourth-order valence-corrected chi connectivity index (χ4v) is 1.94. The number of nitrogens with two attached hydrogens (primary N) is 1. The number of amides is 1. The highest BCUT2D eigenvalue weighted by molar-refractivity contribution is 5.83. The van der Waals surface area contributed by atoms with Gasteiger partial charge in [0.15, 0.2) is 0 Å². The first-order valence-electron chi connectivity index (χ1n) is 6.31. The maximum absolute atomic E-state index is 12.2. The summed E-state index contributed by atoms with van der Waals surface area (Å²) in [6, 6.07) is 0.231. The molecule has 0 saturated heterocycles. The second kappa shape index (κ2) is 4.94. The van der Waals surface area contributed by atoms with Gasteiger partial charge in [0.25, 0.3) is 0 Å². The Morgan fingerprint density at radius 1 is 1.29 bits per heavy atom. The van der Waals surface area contributed by atoms with E-state index in [1.54, 1.807) is 7.11 Å². The van der Waals surface area contributed by atoms with E-state index in [9.17, 15) is 4.79 Å². The van der Waals surface area contributed by atoms with Gasteiger partial charge in [-0.05, 0) is 47.0 Å². The molecule has 2 atom stereocenters. The van der Waals surface area contributed by atoms with E-state index in [1.807, 2.05) is 27.7 Å². The van der Waals surface area contributed by atoms with E-state index in [4.69, 9.17) is 10.5 Å². The van der Waals surface area contributed by atoms with Gasteiger partial charge in [0, 0.05) is 18.7 Å². The molecule has 4 nitrogen and oxygen atoms in total. The second-order valence-electron chi connectivity index (χ2n) is 6.19. The van der Waals surface area contributed by atoms with Crippen molar-refractivity contribution < 1.29 is 9.53 Å². The summed E-state index contributed by atoms with van der Waals surface area (Å²) in [4.78, 5) is 12.2.